The van der Waals surface area contributed by atoms with Crippen LogP contribution in [0.15, 0.2) is 18.2 Å². The Bertz CT molecular complexity index is 927. The number of aromatic amines is 1. The summed E-state index contributed by atoms with van der Waals surface area (Å²) < 4.78 is 24.1. The number of thiophene rings is 1. The summed E-state index contributed by atoms with van der Waals surface area (Å²) in [6.45, 7) is 6.87. The minimum Gasteiger partial charge on any atom is -0.362 e. The second-order valence-electron chi connectivity index (χ2n) is 6.94. The summed E-state index contributed by atoms with van der Waals surface area (Å²) in [6.07, 6.45) is 0. The van der Waals surface area contributed by atoms with E-state index in [1.54, 1.807) is 20.8 Å². The van der Waals surface area contributed by atoms with Crippen molar-refractivity contribution in [1.82, 2.24) is 10.3 Å². The van der Waals surface area contributed by atoms with E-state index in [9.17, 15) is 8.42 Å². The van der Waals surface area contributed by atoms with Crippen molar-refractivity contribution in [3.05, 3.63) is 33.8 Å². The second kappa shape index (κ2) is 5.34. The highest BCUT2D eigenvalue weighted by Gasteiger charge is 2.51. The monoisotopic (exact) mass is 385 g/mol. The summed E-state index contributed by atoms with van der Waals surface area (Å²) in [5, 5.41) is 11.8. The van der Waals surface area contributed by atoms with E-state index < -0.39 is 20.1 Å². The van der Waals surface area contributed by atoms with Gasteiger partial charge in [0.05, 0.1) is 31.8 Å². The highest BCUT2D eigenvalue weighted by Crippen LogP contribution is 2.43. The van der Waals surface area contributed by atoms with E-state index in [-0.39, 0.29) is 11.6 Å². The molecule has 1 aliphatic heterocycles. The molecule has 3 N–H and O–H groups in total. The lowest BCUT2D eigenvalue weighted by Crippen LogP contribution is -2.63. The molecule has 5 nitrogen and oxygen atoms in total. The van der Waals surface area contributed by atoms with Gasteiger partial charge in [0.25, 0.3) is 0 Å². The number of aryl methyl sites for hydroxylation is 1. The molecule has 1 atom stereocenters. The van der Waals surface area contributed by atoms with Crippen molar-refractivity contribution in [3.8, 4) is 10.6 Å². The first-order valence-electron chi connectivity index (χ1n) is 7.51. The van der Waals surface area contributed by atoms with Gasteiger partial charge in [-0.15, -0.1) is 11.3 Å². The molecule has 1 saturated heterocycles. The number of hydrogen-bond acceptors (Lipinski definition) is 4. The summed E-state index contributed by atoms with van der Waals surface area (Å²) in [5.74, 6) is -0.100. The summed E-state index contributed by atoms with van der Waals surface area (Å²) in [6, 6.07) is 5.79. The fraction of sp³-hybridized carbons (Fsp3) is 0.438. The molecule has 1 aliphatic rings. The number of sulfone groups is 1. The molecule has 0 amide bonds. The Balaban J connectivity index is 2.06. The maximum atomic E-state index is 12.7. The molecule has 2 aromatic heterocycles. The Hall–Kier alpha value is -1.31. The van der Waals surface area contributed by atoms with Crippen molar-refractivity contribution >= 4 is 38.6 Å². The van der Waals surface area contributed by atoms with Crippen LogP contribution in [0.3, 0.4) is 0 Å². The molecular weight excluding hydrogens is 366 g/mol. The van der Waals surface area contributed by atoms with Crippen LogP contribution in [0, 0.1) is 12.3 Å². The SMILES string of the molecule is Cc1ccc(-c2cc(Cl)c([C@]3(C)CS(=O)(=O)C(C)(C)C(=N)N3)s2)[nH]1. The number of aromatic nitrogens is 1. The average Bonchev–Trinajstić information content (AvgIpc) is 3.02. The molecule has 0 radical (unpaired) electrons. The highest BCUT2D eigenvalue weighted by atomic mass is 35.5. The zero-order valence-electron chi connectivity index (χ0n) is 14.0. The van der Waals surface area contributed by atoms with E-state index in [0.29, 0.717) is 5.02 Å². The van der Waals surface area contributed by atoms with Gasteiger partial charge in [0.15, 0.2) is 9.84 Å². The van der Waals surface area contributed by atoms with E-state index in [2.05, 4.69) is 10.3 Å². The average molecular weight is 386 g/mol. The summed E-state index contributed by atoms with van der Waals surface area (Å²) in [5.41, 5.74) is 1.08. The maximum absolute atomic E-state index is 12.7. The van der Waals surface area contributed by atoms with E-state index >= 15 is 0 Å². The van der Waals surface area contributed by atoms with Gasteiger partial charge in [0.1, 0.15) is 10.6 Å². The van der Waals surface area contributed by atoms with Crippen LogP contribution in [-0.4, -0.2) is 29.7 Å². The van der Waals surface area contributed by atoms with E-state index in [0.717, 1.165) is 21.1 Å². The van der Waals surface area contributed by atoms with Crippen molar-refractivity contribution in [2.24, 2.45) is 0 Å². The van der Waals surface area contributed by atoms with Crippen LogP contribution >= 0.6 is 22.9 Å². The van der Waals surface area contributed by atoms with Gasteiger partial charge in [-0.1, -0.05) is 11.6 Å². The lowest BCUT2D eigenvalue weighted by atomic mass is 10.00. The molecule has 8 heteroatoms. The molecule has 0 aromatic carbocycles. The Morgan fingerprint density at radius 1 is 1.29 bits per heavy atom. The fourth-order valence-electron chi connectivity index (χ4n) is 2.83. The van der Waals surface area contributed by atoms with Gasteiger partial charge in [0, 0.05) is 5.69 Å². The number of nitrogens with one attached hydrogen (secondary N) is 3. The Kier molecular flexibility index (Phi) is 3.90. The largest absolute Gasteiger partial charge is 0.362 e. The molecule has 0 aliphatic carbocycles. The lowest BCUT2D eigenvalue weighted by molar-refractivity contribution is 0.450. The lowest BCUT2D eigenvalue weighted by Gasteiger charge is -2.42. The van der Waals surface area contributed by atoms with Crippen molar-refractivity contribution in [2.45, 2.75) is 38.0 Å². The van der Waals surface area contributed by atoms with Crippen molar-refractivity contribution in [3.63, 3.8) is 0 Å². The van der Waals surface area contributed by atoms with Crippen molar-refractivity contribution in [1.29, 1.82) is 5.41 Å². The van der Waals surface area contributed by atoms with Crippen LogP contribution < -0.4 is 5.32 Å². The van der Waals surface area contributed by atoms with Crippen molar-refractivity contribution in [2.75, 3.05) is 5.75 Å². The smallest absolute Gasteiger partial charge is 0.165 e. The van der Waals surface area contributed by atoms with Gasteiger partial charge >= 0.3 is 0 Å². The molecule has 3 rings (SSSR count). The Labute approximate surface area is 150 Å². The molecule has 2 aromatic rings. The highest BCUT2D eigenvalue weighted by molar-refractivity contribution is 7.93. The predicted octanol–water partition coefficient (Wildman–Crippen LogP) is 3.69. The Morgan fingerprint density at radius 2 is 1.96 bits per heavy atom. The van der Waals surface area contributed by atoms with Crippen LogP contribution in [0.25, 0.3) is 10.6 Å². The normalized spacial score (nSPS) is 25.5. The topological polar surface area (TPSA) is 85.8 Å². The van der Waals surface area contributed by atoms with Gasteiger partial charge in [-0.3, -0.25) is 5.41 Å². The van der Waals surface area contributed by atoms with Gasteiger partial charge < -0.3 is 10.3 Å². The summed E-state index contributed by atoms with van der Waals surface area (Å²) in [7, 11) is -3.48. The third kappa shape index (κ3) is 2.59. The van der Waals surface area contributed by atoms with Gasteiger partial charge in [-0.2, -0.15) is 0 Å². The third-order valence-electron chi connectivity index (χ3n) is 4.54. The van der Waals surface area contributed by atoms with E-state index in [1.807, 2.05) is 25.1 Å². The van der Waals surface area contributed by atoms with E-state index in [4.69, 9.17) is 17.0 Å². The molecule has 0 bridgehead atoms. The standard InChI is InChI=1S/C16H20ClN3O2S2/c1-9-5-6-11(19-9)12-7-10(17)13(23-12)16(4)8-24(21,22)15(2,3)14(18)20-16/h5-7,19H,8H2,1-4H3,(H2,18,20)/t16-/m0/s1. The molecular formula is C16H20ClN3O2S2. The predicted molar refractivity (Wildman–Crippen MR) is 99.9 cm³/mol. The zero-order valence-corrected chi connectivity index (χ0v) is 16.3. The van der Waals surface area contributed by atoms with Gasteiger partial charge in [-0.05, 0) is 45.9 Å². The number of amidine groups is 1. The summed E-state index contributed by atoms with van der Waals surface area (Å²) >= 11 is 7.88. The fourth-order valence-corrected chi connectivity index (χ4v) is 6.25. The van der Waals surface area contributed by atoms with Crippen LogP contribution in [0.2, 0.25) is 5.02 Å². The maximum Gasteiger partial charge on any atom is 0.165 e. The number of H-pyrrole nitrogens is 1. The first-order chi connectivity index (χ1) is 11.0. The van der Waals surface area contributed by atoms with E-state index in [1.165, 1.54) is 11.3 Å². The quantitative estimate of drug-likeness (QED) is 0.736. The first kappa shape index (κ1) is 17.5. The van der Waals surface area contributed by atoms with Crippen LogP contribution in [0.5, 0.6) is 0 Å². The molecule has 3 heterocycles. The molecule has 0 spiro atoms. The van der Waals surface area contributed by atoms with Crippen LogP contribution in [-0.2, 0) is 15.4 Å². The van der Waals surface area contributed by atoms with Gasteiger partial charge in [-0.25, -0.2) is 8.42 Å². The summed E-state index contributed by atoms with van der Waals surface area (Å²) in [4.78, 5) is 4.93. The van der Waals surface area contributed by atoms with Crippen LogP contribution in [0.1, 0.15) is 31.3 Å². The number of rotatable bonds is 2. The molecule has 130 valence electrons. The zero-order chi connectivity index (χ0) is 17.9. The number of halogens is 1. The Morgan fingerprint density at radius 3 is 2.50 bits per heavy atom. The molecule has 1 fully saturated rings. The molecule has 24 heavy (non-hydrogen) atoms. The van der Waals surface area contributed by atoms with Gasteiger partial charge in [0.2, 0.25) is 0 Å². The number of hydrogen-bond donors (Lipinski definition) is 3. The molecule has 0 unspecified atom stereocenters. The second-order valence-corrected chi connectivity index (χ2v) is 10.9. The van der Waals surface area contributed by atoms with Crippen LogP contribution in [0.4, 0.5) is 0 Å². The first-order valence-corrected chi connectivity index (χ1v) is 10.4. The third-order valence-corrected chi connectivity index (χ3v) is 9.10. The van der Waals surface area contributed by atoms with Crippen molar-refractivity contribution < 1.29 is 8.42 Å². The minimum absolute atomic E-state index is 0.00187. The molecule has 0 saturated carbocycles. The minimum atomic E-state index is -3.48.